The van der Waals surface area contributed by atoms with Gasteiger partial charge in [0.2, 0.25) is 5.89 Å². The summed E-state index contributed by atoms with van der Waals surface area (Å²) in [6.07, 6.45) is 3.59. The second-order valence-electron chi connectivity index (χ2n) is 5.66. The summed E-state index contributed by atoms with van der Waals surface area (Å²) in [5, 5.41) is 7.53. The maximum absolute atomic E-state index is 5.50. The monoisotopic (exact) mass is 265 g/mol. The van der Waals surface area contributed by atoms with Gasteiger partial charge in [0.05, 0.1) is 5.92 Å². The Morgan fingerprint density at radius 2 is 2.00 bits per heavy atom. The molecule has 1 aliphatic heterocycles. The highest BCUT2D eigenvalue weighted by molar-refractivity contribution is 5.29. The van der Waals surface area contributed by atoms with E-state index in [4.69, 9.17) is 4.52 Å². The first-order valence-corrected chi connectivity index (χ1v) is 7.22. The van der Waals surface area contributed by atoms with E-state index in [0.717, 1.165) is 44.4 Å². The van der Waals surface area contributed by atoms with E-state index < -0.39 is 0 Å². The summed E-state index contributed by atoms with van der Waals surface area (Å²) in [6, 6.07) is 0.487. The third-order valence-electron chi connectivity index (χ3n) is 4.42. The average Bonchev–Trinajstić information content (AvgIpc) is 3.07. The molecule has 2 heterocycles. The summed E-state index contributed by atoms with van der Waals surface area (Å²) in [6.45, 7) is 4.09. The van der Waals surface area contributed by atoms with Gasteiger partial charge in [-0.2, -0.15) is 4.98 Å². The van der Waals surface area contributed by atoms with Crippen LogP contribution in [0.2, 0.25) is 0 Å². The van der Waals surface area contributed by atoms with Crippen LogP contribution in [0.15, 0.2) is 4.52 Å². The molecule has 1 aliphatic carbocycles. The van der Waals surface area contributed by atoms with Crippen molar-refractivity contribution in [2.75, 3.05) is 45.2 Å². The molecule has 1 N–H and O–H groups in total. The summed E-state index contributed by atoms with van der Waals surface area (Å²) in [5.74, 6) is 1.97. The van der Waals surface area contributed by atoms with E-state index in [-0.39, 0.29) is 0 Å². The Labute approximate surface area is 114 Å². The second-order valence-corrected chi connectivity index (χ2v) is 5.66. The molecule has 0 amide bonds. The van der Waals surface area contributed by atoms with Gasteiger partial charge in [0.25, 0.3) is 5.95 Å². The van der Waals surface area contributed by atoms with Gasteiger partial charge >= 0.3 is 0 Å². The first-order chi connectivity index (χ1) is 9.28. The minimum absolute atomic E-state index is 0.388. The number of hydrogen-bond acceptors (Lipinski definition) is 6. The second kappa shape index (κ2) is 5.46. The Balaban J connectivity index is 1.69. The van der Waals surface area contributed by atoms with Crippen LogP contribution < -0.4 is 10.2 Å². The highest BCUT2D eigenvalue weighted by Gasteiger charge is 2.32. The van der Waals surface area contributed by atoms with Crippen molar-refractivity contribution in [2.24, 2.45) is 0 Å². The number of piperazine rings is 1. The molecule has 2 atom stereocenters. The lowest BCUT2D eigenvalue weighted by molar-refractivity contribution is 0.307. The molecule has 0 bridgehead atoms. The van der Waals surface area contributed by atoms with Gasteiger partial charge in [-0.3, -0.25) is 0 Å². The predicted octanol–water partition coefficient (Wildman–Crippen LogP) is 0.677. The van der Waals surface area contributed by atoms with Crippen LogP contribution in [0.3, 0.4) is 0 Å². The van der Waals surface area contributed by atoms with Crippen molar-refractivity contribution >= 4 is 5.95 Å². The number of nitrogens with zero attached hydrogens (tertiary/aromatic N) is 4. The van der Waals surface area contributed by atoms with E-state index in [1.807, 2.05) is 7.05 Å². The van der Waals surface area contributed by atoms with Crippen molar-refractivity contribution < 1.29 is 4.52 Å². The Kier molecular flexibility index (Phi) is 3.70. The van der Waals surface area contributed by atoms with E-state index >= 15 is 0 Å². The molecule has 6 heteroatoms. The Morgan fingerprint density at radius 1 is 1.21 bits per heavy atom. The number of anilines is 1. The van der Waals surface area contributed by atoms with Crippen molar-refractivity contribution in [3.8, 4) is 0 Å². The molecule has 0 spiro atoms. The lowest BCUT2D eigenvalue weighted by atomic mass is 10.0. The zero-order valence-corrected chi connectivity index (χ0v) is 11.8. The summed E-state index contributed by atoms with van der Waals surface area (Å²) >= 11 is 0. The first-order valence-electron chi connectivity index (χ1n) is 7.22. The maximum atomic E-state index is 5.50. The van der Waals surface area contributed by atoms with Gasteiger partial charge < -0.3 is 19.6 Å². The lowest BCUT2D eigenvalue weighted by Gasteiger charge is -2.31. The maximum Gasteiger partial charge on any atom is 0.266 e. The summed E-state index contributed by atoms with van der Waals surface area (Å²) in [5.41, 5.74) is 0. The Bertz CT molecular complexity index is 413. The smallest absolute Gasteiger partial charge is 0.266 e. The van der Waals surface area contributed by atoms with Crippen molar-refractivity contribution in [1.82, 2.24) is 20.4 Å². The van der Waals surface area contributed by atoms with Crippen LogP contribution in [0, 0.1) is 0 Å². The van der Waals surface area contributed by atoms with Crippen LogP contribution in [-0.4, -0.2) is 61.4 Å². The molecule has 6 nitrogen and oxygen atoms in total. The van der Waals surface area contributed by atoms with Crippen molar-refractivity contribution in [1.29, 1.82) is 0 Å². The molecule has 1 saturated carbocycles. The molecule has 2 aliphatic rings. The number of likely N-dealkylation sites (N-methyl/N-ethyl adjacent to an activating group) is 2. The first kappa shape index (κ1) is 12.9. The van der Waals surface area contributed by atoms with Crippen molar-refractivity contribution in [3.63, 3.8) is 0 Å². The van der Waals surface area contributed by atoms with Gasteiger partial charge in [-0.15, -0.1) is 0 Å². The molecule has 0 aromatic carbocycles. The lowest BCUT2D eigenvalue weighted by Crippen LogP contribution is -2.44. The molecular weight excluding hydrogens is 242 g/mol. The van der Waals surface area contributed by atoms with Crippen LogP contribution in [-0.2, 0) is 0 Å². The number of rotatable bonds is 3. The normalized spacial score (nSPS) is 29.1. The van der Waals surface area contributed by atoms with Crippen LogP contribution in [0.5, 0.6) is 0 Å². The average molecular weight is 265 g/mol. The van der Waals surface area contributed by atoms with E-state index in [1.165, 1.54) is 12.8 Å². The Morgan fingerprint density at radius 3 is 2.74 bits per heavy atom. The fraction of sp³-hybridized carbons (Fsp3) is 0.846. The van der Waals surface area contributed by atoms with Crippen LogP contribution in [0.25, 0.3) is 0 Å². The van der Waals surface area contributed by atoms with Gasteiger partial charge in [-0.25, -0.2) is 0 Å². The van der Waals surface area contributed by atoms with E-state index in [9.17, 15) is 0 Å². The summed E-state index contributed by atoms with van der Waals surface area (Å²) in [7, 11) is 4.16. The number of nitrogens with one attached hydrogen (secondary N) is 1. The zero-order valence-electron chi connectivity index (χ0n) is 11.8. The summed E-state index contributed by atoms with van der Waals surface area (Å²) in [4.78, 5) is 9.17. The summed E-state index contributed by atoms with van der Waals surface area (Å²) < 4.78 is 5.50. The molecule has 2 fully saturated rings. The number of hydrogen-bond donors (Lipinski definition) is 1. The van der Waals surface area contributed by atoms with Gasteiger partial charge in [-0.05, 0) is 32.1 Å². The molecule has 1 aromatic rings. The van der Waals surface area contributed by atoms with E-state index in [2.05, 4.69) is 32.3 Å². The van der Waals surface area contributed by atoms with Crippen LogP contribution in [0.4, 0.5) is 5.95 Å². The van der Waals surface area contributed by atoms with Gasteiger partial charge in [0.1, 0.15) is 0 Å². The largest absolute Gasteiger partial charge is 0.337 e. The highest BCUT2D eigenvalue weighted by atomic mass is 16.5. The zero-order chi connectivity index (χ0) is 13.2. The molecular formula is C13H23N5O. The van der Waals surface area contributed by atoms with Crippen molar-refractivity contribution in [3.05, 3.63) is 5.89 Å². The molecule has 3 rings (SSSR count). The molecule has 2 unspecified atom stereocenters. The predicted molar refractivity (Wildman–Crippen MR) is 73.4 cm³/mol. The van der Waals surface area contributed by atoms with Crippen molar-refractivity contribution in [2.45, 2.75) is 31.2 Å². The Hall–Kier alpha value is -1.14. The minimum atomic E-state index is 0.388. The van der Waals surface area contributed by atoms with Crippen LogP contribution >= 0.6 is 0 Å². The molecule has 106 valence electrons. The topological polar surface area (TPSA) is 57.4 Å². The third kappa shape index (κ3) is 2.60. The van der Waals surface area contributed by atoms with Gasteiger partial charge in [0.15, 0.2) is 0 Å². The highest BCUT2D eigenvalue weighted by Crippen LogP contribution is 2.34. The minimum Gasteiger partial charge on any atom is -0.337 e. The van der Waals surface area contributed by atoms with E-state index in [0.29, 0.717) is 12.0 Å². The molecule has 0 radical (unpaired) electrons. The molecule has 1 saturated heterocycles. The van der Waals surface area contributed by atoms with Gasteiger partial charge in [0, 0.05) is 32.2 Å². The van der Waals surface area contributed by atoms with Crippen LogP contribution in [0.1, 0.15) is 31.1 Å². The number of aromatic nitrogens is 2. The fourth-order valence-corrected chi connectivity index (χ4v) is 3.11. The third-order valence-corrected chi connectivity index (χ3v) is 4.42. The van der Waals surface area contributed by atoms with E-state index in [1.54, 1.807) is 0 Å². The van der Waals surface area contributed by atoms with Gasteiger partial charge in [-0.1, -0.05) is 6.42 Å². The molecule has 1 aromatic heterocycles. The molecule has 19 heavy (non-hydrogen) atoms. The standard InChI is InChI=1S/C13H23N5O/c1-14-11-5-3-4-10(11)12-15-13(16-19-12)18-8-6-17(2)7-9-18/h10-11,14H,3-9H2,1-2H3. The quantitative estimate of drug-likeness (QED) is 0.867. The fourth-order valence-electron chi connectivity index (χ4n) is 3.11. The SMILES string of the molecule is CNC1CCCC1c1nc(N2CCN(C)CC2)no1.